The SMILES string of the molecule is CCOC(=O)CNC(=O)c1c(F)cccc1OC. The summed E-state index contributed by atoms with van der Waals surface area (Å²) in [5.41, 5.74) is -0.232. The molecule has 0 unspecified atom stereocenters. The second kappa shape index (κ2) is 6.58. The average Bonchev–Trinajstić information content (AvgIpc) is 2.36. The van der Waals surface area contributed by atoms with Crippen molar-refractivity contribution in [3.05, 3.63) is 29.6 Å². The lowest BCUT2D eigenvalue weighted by Gasteiger charge is -2.09. The topological polar surface area (TPSA) is 64.6 Å². The van der Waals surface area contributed by atoms with Crippen molar-refractivity contribution >= 4 is 11.9 Å². The lowest BCUT2D eigenvalue weighted by Crippen LogP contribution is -2.31. The molecule has 1 rings (SSSR count). The van der Waals surface area contributed by atoms with Crippen LogP contribution in [0.15, 0.2) is 18.2 Å². The Labute approximate surface area is 104 Å². The summed E-state index contributed by atoms with van der Waals surface area (Å²) in [6, 6.07) is 4.03. The Hall–Kier alpha value is -2.11. The Morgan fingerprint density at radius 2 is 2.11 bits per heavy atom. The zero-order valence-electron chi connectivity index (χ0n) is 10.2. The van der Waals surface area contributed by atoms with Crippen LogP contribution >= 0.6 is 0 Å². The van der Waals surface area contributed by atoms with Gasteiger partial charge in [0.1, 0.15) is 23.7 Å². The number of halogens is 1. The van der Waals surface area contributed by atoms with E-state index < -0.39 is 17.7 Å². The van der Waals surface area contributed by atoms with E-state index in [4.69, 9.17) is 4.74 Å². The second-order valence-electron chi connectivity index (χ2n) is 3.30. The van der Waals surface area contributed by atoms with Gasteiger partial charge in [0.25, 0.3) is 5.91 Å². The van der Waals surface area contributed by atoms with Crippen molar-refractivity contribution in [2.24, 2.45) is 0 Å². The highest BCUT2D eigenvalue weighted by Crippen LogP contribution is 2.20. The van der Waals surface area contributed by atoms with Gasteiger partial charge >= 0.3 is 5.97 Å². The maximum Gasteiger partial charge on any atom is 0.325 e. The number of esters is 1. The van der Waals surface area contributed by atoms with Crippen LogP contribution in [0.2, 0.25) is 0 Å². The molecule has 0 aromatic heterocycles. The number of hydrogen-bond acceptors (Lipinski definition) is 4. The van der Waals surface area contributed by atoms with Gasteiger partial charge in [0.2, 0.25) is 0 Å². The van der Waals surface area contributed by atoms with Crippen LogP contribution in [0.5, 0.6) is 5.75 Å². The molecule has 0 aliphatic heterocycles. The first kappa shape index (κ1) is 14.0. The standard InChI is InChI=1S/C12H14FNO4/c1-3-18-10(15)7-14-12(16)11-8(13)5-4-6-9(11)17-2/h4-6H,3,7H2,1-2H3,(H,14,16). The van der Waals surface area contributed by atoms with Crippen molar-refractivity contribution in [1.82, 2.24) is 5.32 Å². The fourth-order valence-corrected chi connectivity index (χ4v) is 1.35. The van der Waals surface area contributed by atoms with Gasteiger partial charge in [0, 0.05) is 0 Å². The molecule has 0 bridgehead atoms. The highest BCUT2D eigenvalue weighted by molar-refractivity contribution is 5.98. The second-order valence-corrected chi connectivity index (χ2v) is 3.30. The van der Waals surface area contributed by atoms with Gasteiger partial charge in [-0.25, -0.2) is 4.39 Å². The summed E-state index contributed by atoms with van der Waals surface area (Å²) >= 11 is 0. The Balaban J connectivity index is 2.75. The van der Waals surface area contributed by atoms with E-state index in [0.717, 1.165) is 6.07 Å². The van der Waals surface area contributed by atoms with Crippen LogP contribution in [-0.4, -0.2) is 32.1 Å². The predicted molar refractivity (Wildman–Crippen MR) is 61.9 cm³/mol. The molecule has 0 heterocycles. The molecule has 0 radical (unpaired) electrons. The monoisotopic (exact) mass is 255 g/mol. The van der Waals surface area contributed by atoms with Crippen molar-refractivity contribution < 1.29 is 23.5 Å². The molecule has 0 fully saturated rings. The van der Waals surface area contributed by atoms with Crippen molar-refractivity contribution in [3.8, 4) is 5.75 Å². The Morgan fingerprint density at radius 1 is 1.39 bits per heavy atom. The largest absolute Gasteiger partial charge is 0.496 e. The number of amides is 1. The highest BCUT2D eigenvalue weighted by Gasteiger charge is 2.18. The fraction of sp³-hybridized carbons (Fsp3) is 0.333. The van der Waals surface area contributed by atoms with E-state index in [1.54, 1.807) is 6.92 Å². The molecule has 0 atom stereocenters. The summed E-state index contributed by atoms with van der Waals surface area (Å²) in [6.07, 6.45) is 0. The smallest absolute Gasteiger partial charge is 0.325 e. The van der Waals surface area contributed by atoms with Gasteiger partial charge in [0.15, 0.2) is 0 Å². The molecule has 0 aliphatic carbocycles. The van der Waals surface area contributed by atoms with Gasteiger partial charge in [-0.2, -0.15) is 0 Å². The van der Waals surface area contributed by atoms with E-state index in [9.17, 15) is 14.0 Å². The summed E-state index contributed by atoms with van der Waals surface area (Å²) in [4.78, 5) is 22.8. The molecule has 1 aromatic rings. The van der Waals surface area contributed by atoms with Gasteiger partial charge in [-0.1, -0.05) is 6.07 Å². The fourth-order valence-electron chi connectivity index (χ4n) is 1.35. The minimum Gasteiger partial charge on any atom is -0.496 e. The van der Waals surface area contributed by atoms with E-state index in [2.05, 4.69) is 10.1 Å². The van der Waals surface area contributed by atoms with E-state index in [1.165, 1.54) is 19.2 Å². The molecular formula is C12H14FNO4. The maximum atomic E-state index is 13.5. The number of ether oxygens (including phenoxy) is 2. The van der Waals surface area contributed by atoms with Gasteiger partial charge in [-0.3, -0.25) is 9.59 Å². The molecule has 1 aromatic carbocycles. The molecule has 0 saturated heterocycles. The van der Waals surface area contributed by atoms with Crippen molar-refractivity contribution in [2.45, 2.75) is 6.92 Å². The van der Waals surface area contributed by atoms with E-state index in [-0.39, 0.29) is 24.5 Å². The summed E-state index contributed by atoms with van der Waals surface area (Å²) in [7, 11) is 1.33. The van der Waals surface area contributed by atoms with E-state index >= 15 is 0 Å². The van der Waals surface area contributed by atoms with Crippen LogP contribution in [0.25, 0.3) is 0 Å². The molecule has 0 aliphatic rings. The zero-order chi connectivity index (χ0) is 13.5. The van der Waals surface area contributed by atoms with E-state index in [0.29, 0.717) is 0 Å². The van der Waals surface area contributed by atoms with Crippen molar-refractivity contribution in [1.29, 1.82) is 0 Å². The first-order valence-corrected chi connectivity index (χ1v) is 5.36. The van der Waals surface area contributed by atoms with E-state index in [1.807, 2.05) is 0 Å². The summed E-state index contributed by atoms with van der Waals surface area (Å²) in [5, 5.41) is 2.27. The molecule has 6 heteroatoms. The van der Waals surface area contributed by atoms with Gasteiger partial charge in [-0.05, 0) is 19.1 Å². The maximum absolute atomic E-state index is 13.5. The molecule has 1 amide bonds. The molecule has 0 saturated carbocycles. The molecule has 98 valence electrons. The molecule has 5 nitrogen and oxygen atoms in total. The summed E-state index contributed by atoms with van der Waals surface area (Å²) in [5.74, 6) is -1.91. The predicted octanol–water partition coefficient (Wildman–Crippen LogP) is 1.13. The van der Waals surface area contributed by atoms with Crippen LogP contribution in [0, 0.1) is 5.82 Å². The lowest BCUT2D eigenvalue weighted by molar-refractivity contribution is -0.141. The Morgan fingerprint density at radius 3 is 2.72 bits per heavy atom. The lowest BCUT2D eigenvalue weighted by atomic mass is 10.1. The third kappa shape index (κ3) is 3.44. The summed E-state index contributed by atoms with van der Waals surface area (Å²) < 4.78 is 23.0. The number of carbonyl (C=O) groups is 2. The molecular weight excluding hydrogens is 241 g/mol. The number of nitrogens with one attached hydrogen (secondary N) is 1. The van der Waals surface area contributed by atoms with Crippen LogP contribution < -0.4 is 10.1 Å². The van der Waals surface area contributed by atoms with Gasteiger partial charge < -0.3 is 14.8 Å². The van der Waals surface area contributed by atoms with Crippen LogP contribution in [0.3, 0.4) is 0 Å². The average molecular weight is 255 g/mol. The molecule has 18 heavy (non-hydrogen) atoms. The van der Waals surface area contributed by atoms with Gasteiger partial charge in [0.05, 0.1) is 13.7 Å². The molecule has 1 N–H and O–H groups in total. The summed E-state index contributed by atoms with van der Waals surface area (Å²) in [6.45, 7) is 1.56. The van der Waals surface area contributed by atoms with Crippen LogP contribution in [0.1, 0.15) is 17.3 Å². The highest BCUT2D eigenvalue weighted by atomic mass is 19.1. The number of methoxy groups -OCH3 is 1. The zero-order valence-corrected chi connectivity index (χ0v) is 10.2. The minimum atomic E-state index is -0.724. The van der Waals surface area contributed by atoms with Crippen LogP contribution in [0.4, 0.5) is 4.39 Å². The van der Waals surface area contributed by atoms with Gasteiger partial charge in [-0.15, -0.1) is 0 Å². The molecule has 0 spiro atoms. The first-order valence-electron chi connectivity index (χ1n) is 5.36. The quantitative estimate of drug-likeness (QED) is 0.801. The number of hydrogen-bond donors (Lipinski definition) is 1. The van der Waals surface area contributed by atoms with Crippen LogP contribution in [-0.2, 0) is 9.53 Å². The Bertz CT molecular complexity index is 448. The first-order chi connectivity index (χ1) is 8.60. The number of benzene rings is 1. The normalized spacial score (nSPS) is 9.72. The number of carbonyl (C=O) groups excluding carboxylic acids is 2. The van der Waals surface area contributed by atoms with Crippen molar-refractivity contribution in [3.63, 3.8) is 0 Å². The number of rotatable bonds is 5. The van der Waals surface area contributed by atoms with Crippen molar-refractivity contribution in [2.75, 3.05) is 20.3 Å². The Kier molecular flexibility index (Phi) is 5.10. The minimum absolute atomic E-state index is 0.108. The third-order valence-electron chi connectivity index (χ3n) is 2.12. The third-order valence-corrected chi connectivity index (χ3v) is 2.12.